The van der Waals surface area contributed by atoms with E-state index >= 15 is 0 Å². The van der Waals surface area contributed by atoms with E-state index in [0.717, 1.165) is 0 Å². The van der Waals surface area contributed by atoms with Crippen molar-refractivity contribution in [2.75, 3.05) is 0 Å². The molecule has 0 aliphatic carbocycles. The second-order valence-corrected chi connectivity index (χ2v) is 8.85. The van der Waals surface area contributed by atoms with Crippen LogP contribution in [-0.4, -0.2) is 21.1 Å². The van der Waals surface area contributed by atoms with Crippen LogP contribution in [0.1, 0.15) is 0 Å². The summed E-state index contributed by atoms with van der Waals surface area (Å²) >= 11 is -0.807. The van der Waals surface area contributed by atoms with Gasteiger partial charge in [-0.05, 0) is 0 Å². The molecule has 2 aromatic carbocycles. The molecule has 1 aliphatic rings. The van der Waals surface area contributed by atoms with Crippen LogP contribution in [0.3, 0.4) is 0 Å². The van der Waals surface area contributed by atoms with Crippen molar-refractivity contribution in [1.29, 1.82) is 0 Å². The Morgan fingerprint density at radius 3 is 1.62 bits per heavy atom. The first-order chi connectivity index (χ1) is 6.45. The molecule has 0 fully saturated rings. The molecular formula is C12H10Sn. The molecule has 0 N–H and O–H groups in total. The zero-order valence-electron chi connectivity index (χ0n) is 7.33. The molecule has 0 nitrogen and oxygen atoms in total. The van der Waals surface area contributed by atoms with Gasteiger partial charge in [0, 0.05) is 0 Å². The second kappa shape index (κ2) is 2.88. The molecule has 13 heavy (non-hydrogen) atoms. The molecule has 0 spiro atoms. The molecule has 3 rings (SSSR count). The van der Waals surface area contributed by atoms with E-state index in [9.17, 15) is 0 Å². The van der Waals surface area contributed by atoms with E-state index in [1.54, 1.807) is 7.16 Å². The van der Waals surface area contributed by atoms with Crippen molar-refractivity contribution in [2.45, 2.75) is 0 Å². The standard InChI is InChI=1S/C12H8.Sn.2H/c1-3-7-11(8-4-1)12-9-5-2-6-10-12;;;/h1-7,9H;;;. The van der Waals surface area contributed by atoms with Crippen LogP contribution in [0.15, 0.2) is 48.5 Å². The summed E-state index contributed by atoms with van der Waals surface area (Å²) in [7, 11) is 0. The molecule has 0 unspecified atom stereocenters. The average Bonchev–Trinajstić information content (AvgIpc) is 2.56. The van der Waals surface area contributed by atoms with Gasteiger partial charge in [0.2, 0.25) is 0 Å². The maximum absolute atomic E-state index is 2.31. The summed E-state index contributed by atoms with van der Waals surface area (Å²) < 4.78 is 3.34. The Hall–Kier alpha value is -0.761. The van der Waals surface area contributed by atoms with Crippen LogP contribution in [0, 0.1) is 0 Å². The van der Waals surface area contributed by atoms with Gasteiger partial charge in [-0.3, -0.25) is 0 Å². The van der Waals surface area contributed by atoms with Crippen molar-refractivity contribution >= 4 is 28.3 Å². The fourth-order valence-corrected chi connectivity index (χ4v) is 7.55. The summed E-state index contributed by atoms with van der Waals surface area (Å²) in [6.07, 6.45) is 0. The van der Waals surface area contributed by atoms with Crippen LogP contribution in [0.5, 0.6) is 0 Å². The van der Waals surface area contributed by atoms with E-state index in [1.807, 2.05) is 0 Å². The van der Waals surface area contributed by atoms with E-state index in [2.05, 4.69) is 48.5 Å². The Morgan fingerprint density at radius 1 is 0.615 bits per heavy atom. The van der Waals surface area contributed by atoms with Gasteiger partial charge in [0.25, 0.3) is 0 Å². The fourth-order valence-electron chi connectivity index (χ4n) is 2.08. The van der Waals surface area contributed by atoms with Gasteiger partial charge >= 0.3 is 88.0 Å². The van der Waals surface area contributed by atoms with Gasteiger partial charge in [-0.25, -0.2) is 0 Å². The first-order valence-corrected chi connectivity index (χ1v) is 8.65. The zero-order chi connectivity index (χ0) is 8.67. The Balaban J connectivity index is 2.32. The number of benzene rings is 2. The molecule has 0 aromatic heterocycles. The molecule has 1 heterocycles. The van der Waals surface area contributed by atoms with Crippen molar-refractivity contribution < 1.29 is 0 Å². The third kappa shape index (κ3) is 1.12. The van der Waals surface area contributed by atoms with Gasteiger partial charge < -0.3 is 0 Å². The molecule has 0 saturated carbocycles. The molecule has 1 heteroatoms. The zero-order valence-corrected chi connectivity index (χ0v) is 11.4. The van der Waals surface area contributed by atoms with Crippen LogP contribution < -0.4 is 7.16 Å². The summed E-state index contributed by atoms with van der Waals surface area (Å²) in [5.41, 5.74) is 3.02. The number of rotatable bonds is 0. The summed E-state index contributed by atoms with van der Waals surface area (Å²) in [6.45, 7) is 0. The van der Waals surface area contributed by atoms with E-state index in [1.165, 1.54) is 11.1 Å². The predicted octanol–water partition coefficient (Wildman–Crippen LogP) is 0.787. The summed E-state index contributed by atoms with van der Waals surface area (Å²) in [6, 6.07) is 17.8. The van der Waals surface area contributed by atoms with Gasteiger partial charge in [0.1, 0.15) is 0 Å². The maximum atomic E-state index is 2.31. The molecule has 0 saturated heterocycles. The molecule has 0 amide bonds. The second-order valence-electron chi connectivity index (χ2n) is 3.49. The SMILES string of the molecule is c1ccc2[c](c1)[SnH2][c]1ccccc1-2. The van der Waals surface area contributed by atoms with Crippen molar-refractivity contribution in [3.05, 3.63) is 48.5 Å². The minimum absolute atomic E-state index is 0.807. The molecule has 62 valence electrons. The van der Waals surface area contributed by atoms with Crippen LogP contribution in [0.25, 0.3) is 11.1 Å². The van der Waals surface area contributed by atoms with Crippen LogP contribution in [0.2, 0.25) is 0 Å². The number of hydrogen-bond acceptors (Lipinski definition) is 0. The average molecular weight is 273 g/mol. The van der Waals surface area contributed by atoms with Crippen molar-refractivity contribution in [3.8, 4) is 11.1 Å². The van der Waals surface area contributed by atoms with Gasteiger partial charge in [0.15, 0.2) is 0 Å². The molecule has 2 aromatic rings. The summed E-state index contributed by atoms with van der Waals surface area (Å²) in [5, 5.41) is 0. The Kier molecular flexibility index (Phi) is 1.69. The topological polar surface area (TPSA) is 0 Å². The molecular weight excluding hydrogens is 263 g/mol. The normalized spacial score (nSPS) is 12.3. The Labute approximate surface area is 87.8 Å². The van der Waals surface area contributed by atoms with Crippen LogP contribution in [0.4, 0.5) is 0 Å². The third-order valence-corrected chi connectivity index (χ3v) is 8.40. The number of fused-ring (bicyclic) bond motifs is 3. The summed E-state index contributed by atoms with van der Waals surface area (Å²) in [5.74, 6) is 0. The van der Waals surface area contributed by atoms with Gasteiger partial charge in [-0.2, -0.15) is 0 Å². The molecule has 0 atom stereocenters. The van der Waals surface area contributed by atoms with Crippen LogP contribution >= 0.6 is 0 Å². The Bertz CT molecular complexity index is 417. The van der Waals surface area contributed by atoms with Crippen molar-refractivity contribution in [2.24, 2.45) is 0 Å². The summed E-state index contributed by atoms with van der Waals surface area (Å²) in [4.78, 5) is 0. The van der Waals surface area contributed by atoms with Gasteiger partial charge in [0.05, 0.1) is 0 Å². The molecule has 0 bridgehead atoms. The first kappa shape index (κ1) is 7.62. The molecule has 1 aliphatic heterocycles. The third-order valence-electron chi connectivity index (χ3n) is 2.71. The van der Waals surface area contributed by atoms with Gasteiger partial charge in [-0.15, -0.1) is 0 Å². The quantitative estimate of drug-likeness (QED) is 0.531. The van der Waals surface area contributed by atoms with E-state index in [-0.39, 0.29) is 0 Å². The van der Waals surface area contributed by atoms with Crippen LogP contribution in [-0.2, 0) is 0 Å². The predicted molar refractivity (Wildman–Crippen MR) is 59.7 cm³/mol. The monoisotopic (exact) mass is 274 g/mol. The van der Waals surface area contributed by atoms with E-state index in [4.69, 9.17) is 0 Å². The van der Waals surface area contributed by atoms with Crippen molar-refractivity contribution in [3.63, 3.8) is 0 Å². The Morgan fingerprint density at radius 2 is 1.08 bits per heavy atom. The van der Waals surface area contributed by atoms with Gasteiger partial charge in [-0.1, -0.05) is 0 Å². The van der Waals surface area contributed by atoms with E-state index in [0.29, 0.717) is 0 Å². The first-order valence-electron chi connectivity index (χ1n) is 4.61. The van der Waals surface area contributed by atoms with E-state index < -0.39 is 21.1 Å². The van der Waals surface area contributed by atoms with Crippen molar-refractivity contribution in [1.82, 2.24) is 0 Å². The fraction of sp³-hybridized carbons (Fsp3) is 0. The number of hydrogen-bond donors (Lipinski definition) is 0. The molecule has 0 radical (unpaired) electrons. The minimum atomic E-state index is -0.807.